The Labute approximate surface area is 98.5 Å². The van der Waals surface area contributed by atoms with Crippen LogP contribution < -0.4 is 4.90 Å². The van der Waals surface area contributed by atoms with Gasteiger partial charge in [0.05, 0.1) is 4.92 Å². The smallest absolute Gasteiger partial charge is 0.270 e. The van der Waals surface area contributed by atoms with Crippen LogP contribution in [-0.2, 0) is 0 Å². The van der Waals surface area contributed by atoms with Gasteiger partial charge in [-0.1, -0.05) is 12.2 Å². The second-order valence-electron chi connectivity index (χ2n) is 3.82. The number of hydrogen-bond donors (Lipinski definition) is 0. The van der Waals surface area contributed by atoms with Crippen LogP contribution in [0.5, 0.6) is 0 Å². The maximum atomic E-state index is 11.0. The van der Waals surface area contributed by atoms with Crippen LogP contribution in [0.15, 0.2) is 30.4 Å². The maximum Gasteiger partial charge on any atom is 0.270 e. The molecule has 0 aromatic heterocycles. The first-order valence-electron chi connectivity index (χ1n) is 5.36. The number of carbonyl (C=O) groups is 1. The molecular weight excluding hydrogens is 220 g/mol. The molecule has 2 rings (SSSR count). The topological polar surface area (TPSA) is 63.4 Å². The van der Waals surface area contributed by atoms with E-state index in [1.165, 1.54) is 12.1 Å². The van der Waals surface area contributed by atoms with Crippen LogP contribution >= 0.6 is 0 Å². The molecule has 0 radical (unpaired) electrons. The van der Waals surface area contributed by atoms with E-state index in [-0.39, 0.29) is 5.69 Å². The fourth-order valence-electron chi connectivity index (χ4n) is 1.90. The van der Waals surface area contributed by atoms with Gasteiger partial charge in [0.15, 0.2) is 6.29 Å². The Hall–Kier alpha value is -2.17. The SMILES string of the molecule is O=Cc1cc([N+](=O)[O-])ccc1N1CC=CCC1. The molecule has 0 bridgehead atoms. The molecule has 0 aliphatic carbocycles. The fraction of sp³-hybridized carbons (Fsp3) is 0.250. The zero-order chi connectivity index (χ0) is 12.3. The third kappa shape index (κ3) is 2.33. The van der Waals surface area contributed by atoms with E-state index in [9.17, 15) is 14.9 Å². The van der Waals surface area contributed by atoms with Crippen LogP contribution in [0.3, 0.4) is 0 Å². The molecular formula is C12H12N2O3. The Balaban J connectivity index is 2.36. The van der Waals surface area contributed by atoms with Crippen molar-refractivity contribution < 1.29 is 9.72 Å². The van der Waals surface area contributed by atoms with Crippen molar-refractivity contribution >= 4 is 17.7 Å². The second kappa shape index (κ2) is 4.78. The van der Waals surface area contributed by atoms with Crippen molar-refractivity contribution in [3.63, 3.8) is 0 Å². The van der Waals surface area contributed by atoms with E-state index in [0.717, 1.165) is 25.2 Å². The summed E-state index contributed by atoms with van der Waals surface area (Å²) in [6, 6.07) is 4.39. The number of anilines is 1. The maximum absolute atomic E-state index is 11.0. The van der Waals surface area contributed by atoms with Crippen LogP contribution in [0, 0.1) is 10.1 Å². The minimum atomic E-state index is -0.493. The molecule has 0 unspecified atom stereocenters. The van der Waals surface area contributed by atoms with Gasteiger partial charge in [-0.3, -0.25) is 14.9 Å². The van der Waals surface area contributed by atoms with Crippen molar-refractivity contribution in [2.45, 2.75) is 6.42 Å². The molecule has 5 nitrogen and oxygen atoms in total. The molecule has 0 N–H and O–H groups in total. The standard InChI is InChI=1S/C12H12N2O3/c15-9-10-8-11(14(16)17)4-5-12(10)13-6-2-1-3-7-13/h1-2,4-5,8-9H,3,6-7H2. The molecule has 5 heteroatoms. The Morgan fingerprint density at radius 1 is 1.35 bits per heavy atom. The molecule has 1 aliphatic heterocycles. The molecule has 0 amide bonds. The van der Waals surface area contributed by atoms with E-state index in [1.807, 2.05) is 11.0 Å². The summed E-state index contributed by atoms with van der Waals surface area (Å²) in [7, 11) is 0. The first-order chi connectivity index (χ1) is 8.22. The fourth-order valence-corrected chi connectivity index (χ4v) is 1.90. The lowest BCUT2D eigenvalue weighted by molar-refractivity contribution is -0.384. The molecule has 1 aromatic rings. The van der Waals surface area contributed by atoms with Gasteiger partial charge in [0.2, 0.25) is 0 Å². The monoisotopic (exact) mass is 232 g/mol. The van der Waals surface area contributed by atoms with Gasteiger partial charge < -0.3 is 4.90 Å². The highest BCUT2D eigenvalue weighted by Crippen LogP contribution is 2.25. The average molecular weight is 232 g/mol. The zero-order valence-electron chi connectivity index (χ0n) is 9.20. The van der Waals surface area contributed by atoms with E-state index in [0.29, 0.717) is 11.8 Å². The van der Waals surface area contributed by atoms with E-state index < -0.39 is 4.92 Å². The van der Waals surface area contributed by atoms with Gasteiger partial charge in [0.1, 0.15) is 0 Å². The molecule has 0 spiro atoms. The summed E-state index contributed by atoms with van der Waals surface area (Å²) in [6.07, 6.45) is 5.71. The Morgan fingerprint density at radius 3 is 2.76 bits per heavy atom. The first kappa shape index (κ1) is 11.3. The zero-order valence-corrected chi connectivity index (χ0v) is 9.20. The van der Waals surface area contributed by atoms with Crippen molar-refractivity contribution in [1.29, 1.82) is 0 Å². The third-order valence-corrected chi connectivity index (χ3v) is 2.75. The first-order valence-corrected chi connectivity index (χ1v) is 5.36. The number of benzene rings is 1. The van der Waals surface area contributed by atoms with Crippen LogP contribution in [0.1, 0.15) is 16.8 Å². The minimum absolute atomic E-state index is 0.0524. The Bertz CT molecular complexity index is 483. The molecule has 1 aromatic carbocycles. The van der Waals surface area contributed by atoms with E-state index in [1.54, 1.807) is 6.07 Å². The summed E-state index contributed by atoms with van der Waals surface area (Å²) in [5, 5.41) is 10.6. The minimum Gasteiger partial charge on any atom is -0.367 e. The van der Waals surface area contributed by atoms with Crippen molar-refractivity contribution in [3.05, 3.63) is 46.0 Å². The number of non-ortho nitro benzene ring substituents is 1. The van der Waals surface area contributed by atoms with Gasteiger partial charge in [-0.25, -0.2) is 0 Å². The summed E-state index contributed by atoms with van der Waals surface area (Å²) in [6.45, 7) is 1.56. The van der Waals surface area contributed by atoms with Crippen molar-refractivity contribution in [2.75, 3.05) is 18.0 Å². The molecule has 0 atom stereocenters. The number of nitro groups is 1. The average Bonchev–Trinajstić information content (AvgIpc) is 2.39. The summed E-state index contributed by atoms with van der Waals surface area (Å²) in [4.78, 5) is 23.1. The number of rotatable bonds is 3. The van der Waals surface area contributed by atoms with Crippen molar-refractivity contribution in [2.24, 2.45) is 0 Å². The quantitative estimate of drug-likeness (QED) is 0.347. The summed E-state index contributed by atoms with van der Waals surface area (Å²) in [5.41, 5.74) is 1.08. The lowest BCUT2D eigenvalue weighted by atomic mass is 10.1. The Morgan fingerprint density at radius 2 is 2.18 bits per heavy atom. The highest BCUT2D eigenvalue weighted by molar-refractivity contribution is 5.86. The summed E-state index contributed by atoms with van der Waals surface area (Å²) in [5.74, 6) is 0. The Kier molecular flexibility index (Phi) is 3.18. The van der Waals surface area contributed by atoms with Crippen LogP contribution in [0.4, 0.5) is 11.4 Å². The van der Waals surface area contributed by atoms with Crippen molar-refractivity contribution in [1.82, 2.24) is 0 Å². The van der Waals surface area contributed by atoms with Crippen LogP contribution in [-0.4, -0.2) is 24.3 Å². The summed E-state index contributed by atoms with van der Waals surface area (Å²) < 4.78 is 0. The van der Waals surface area contributed by atoms with E-state index in [2.05, 4.69) is 6.08 Å². The predicted octanol–water partition coefficient (Wildman–Crippen LogP) is 2.17. The molecule has 1 heterocycles. The molecule has 17 heavy (non-hydrogen) atoms. The lowest BCUT2D eigenvalue weighted by Gasteiger charge is -2.26. The van der Waals surface area contributed by atoms with Crippen LogP contribution in [0.25, 0.3) is 0 Å². The van der Waals surface area contributed by atoms with E-state index >= 15 is 0 Å². The van der Waals surface area contributed by atoms with Gasteiger partial charge in [-0.2, -0.15) is 0 Å². The normalized spacial score (nSPS) is 14.7. The van der Waals surface area contributed by atoms with Gasteiger partial charge in [-0.05, 0) is 12.5 Å². The molecule has 0 saturated heterocycles. The number of nitro benzene ring substituents is 1. The molecule has 0 saturated carbocycles. The largest absolute Gasteiger partial charge is 0.367 e. The number of hydrogen-bond acceptors (Lipinski definition) is 4. The lowest BCUT2D eigenvalue weighted by Crippen LogP contribution is -2.27. The molecule has 88 valence electrons. The number of nitrogens with zero attached hydrogens (tertiary/aromatic N) is 2. The van der Waals surface area contributed by atoms with Gasteiger partial charge in [-0.15, -0.1) is 0 Å². The number of aldehydes is 1. The van der Waals surface area contributed by atoms with E-state index in [4.69, 9.17) is 0 Å². The highest BCUT2D eigenvalue weighted by Gasteiger charge is 2.15. The van der Waals surface area contributed by atoms with Gasteiger partial charge in [0.25, 0.3) is 5.69 Å². The second-order valence-corrected chi connectivity index (χ2v) is 3.82. The summed E-state index contributed by atoms with van der Waals surface area (Å²) >= 11 is 0. The van der Waals surface area contributed by atoms with Crippen LogP contribution in [0.2, 0.25) is 0 Å². The van der Waals surface area contributed by atoms with Gasteiger partial charge in [0, 0.05) is 36.5 Å². The van der Waals surface area contributed by atoms with Gasteiger partial charge >= 0.3 is 0 Å². The third-order valence-electron chi connectivity index (χ3n) is 2.75. The highest BCUT2D eigenvalue weighted by atomic mass is 16.6. The number of carbonyl (C=O) groups excluding carboxylic acids is 1. The molecule has 0 fully saturated rings. The molecule has 1 aliphatic rings. The predicted molar refractivity (Wildman–Crippen MR) is 64.5 cm³/mol. The van der Waals surface area contributed by atoms with Crippen molar-refractivity contribution in [3.8, 4) is 0 Å².